The predicted octanol–water partition coefficient (Wildman–Crippen LogP) is 4.13. The molecule has 0 atom stereocenters. The number of likely N-dealkylation sites (tertiary alicyclic amines) is 1. The molecule has 0 radical (unpaired) electrons. The van der Waals surface area contributed by atoms with Gasteiger partial charge in [-0.3, -0.25) is 14.6 Å². The summed E-state index contributed by atoms with van der Waals surface area (Å²) in [6.07, 6.45) is 3.83. The Morgan fingerprint density at radius 1 is 1.00 bits per heavy atom. The third-order valence-electron chi connectivity index (χ3n) is 5.96. The Bertz CT molecular complexity index is 1300. The molecule has 2 amide bonds. The van der Waals surface area contributed by atoms with Gasteiger partial charge in [0.1, 0.15) is 29.0 Å². The van der Waals surface area contributed by atoms with Crippen LogP contribution in [-0.4, -0.2) is 47.9 Å². The van der Waals surface area contributed by atoms with Crippen molar-refractivity contribution in [2.45, 2.75) is 18.9 Å². The Morgan fingerprint density at radius 2 is 1.67 bits per heavy atom. The van der Waals surface area contributed by atoms with Crippen molar-refractivity contribution >= 4 is 17.5 Å². The molecule has 0 unspecified atom stereocenters. The molecular formula is C25H22F4N4O3. The van der Waals surface area contributed by atoms with E-state index < -0.39 is 45.9 Å². The highest BCUT2D eigenvalue weighted by Gasteiger charge is 2.27. The van der Waals surface area contributed by atoms with Gasteiger partial charge in [-0.05, 0) is 31.0 Å². The molecule has 0 aliphatic carbocycles. The number of benzene rings is 2. The van der Waals surface area contributed by atoms with E-state index in [4.69, 9.17) is 10.5 Å². The molecule has 4 rings (SSSR count). The van der Waals surface area contributed by atoms with E-state index in [0.717, 1.165) is 24.3 Å². The Kier molecular flexibility index (Phi) is 7.20. The van der Waals surface area contributed by atoms with Crippen molar-refractivity contribution in [3.05, 3.63) is 77.1 Å². The van der Waals surface area contributed by atoms with Crippen molar-refractivity contribution in [1.82, 2.24) is 9.88 Å². The van der Waals surface area contributed by atoms with Crippen molar-refractivity contribution in [3.8, 4) is 16.9 Å². The zero-order chi connectivity index (χ0) is 26.0. The van der Waals surface area contributed by atoms with Gasteiger partial charge in [-0.2, -0.15) is 0 Å². The molecule has 3 N–H and O–H groups in total. The van der Waals surface area contributed by atoms with Gasteiger partial charge >= 0.3 is 0 Å². The first-order valence-corrected chi connectivity index (χ1v) is 11.0. The molecule has 1 aliphatic rings. The molecule has 36 heavy (non-hydrogen) atoms. The zero-order valence-corrected chi connectivity index (χ0v) is 19.2. The summed E-state index contributed by atoms with van der Waals surface area (Å²) < 4.78 is 63.7. The van der Waals surface area contributed by atoms with E-state index in [1.165, 1.54) is 25.6 Å². The smallest absolute Gasteiger partial charge is 0.258 e. The molecule has 1 saturated heterocycles. The number of rotatable bonds is 5. The van der Waals surface area contributed by atoms with Crippen LogP contribution in [0.15, 0.2) is 42.7 Å². The van der Waals surface area contributed by atoms with Crippen LogP contribution in [0.1, 0.15) is 33.6 Å². The number of amides is 2. The number of ether oxygens (including phenoxy) is 1. The second-order valence-corrected chi connectivity index (χ2v) is 8.25. The van der Waals surface area contributed by atoms with Crippen LogP contribution in [0.3, 0.4) is 0 Å². The van der Waals surface area contributed by atoms with Gasteiger partial charge in [0, 0.05) is 37.5 Å². The minimum absolute atomic E-state index is 0.00156. The van der Waals surface area contributed by atoms with Crippen LogP contribution in [0.5, 0.6) is 5.75 Å². The number of piperidine rings is 1. The average Bonchev–Trinajstić information content (AvgIpc) is 2.85. The molecule has 188 valence electrons. The summed E-state index contributed by atoms with van der Waals surface area (Å²) in [7, 11) is 1.18. The summed E-state index contributed by atoms with van der Waals surface area (Å²) in [5.74, 6) is -6.92. The zero-order valence-electron chi connectivity index (χ0n) is 19.2. The van der Waals surface area contributed by atoms with E-state index >= 15 is 4.39 Å². The first kappa shape index (κ1) is 25.1. The fourth-order valence-corrected chi connectivity index (χ4v) is 4.01. The van der Waals surface area contributed by atoms with E-state index in [2.05, 4.69) is 10.3 Å². The Morgan fingerprint density at radius 3 is 2.31 bits per heavy atom. The number of methoxy groups -OCH3 is 1. The Hall–Kier alpha value is -3.99. The Balaban J connectivity index is 1.67. The summed E-state index contributed by atoms with van der Waals surface area (Å²) in [6, 6.07) is 4.51. The number of nitrogens with one attached hydrogen (secondary N) is 1. The van der Waals surface area contributed by atoms with Crippen molar-refractivity contribution in [1.29, 1.82) is 0 Å². The van der Waals surface area contributed by atoms with E-state index in [0.29, 0.717) is 25.9 Å². The quantitative estimate of drug-likeness (QED) is 0.512. The molecule has 0 saturated carbocycles. The maximum Gasteiger partial charge on any atom is 0.258 e. The van der Waals surface area contributed by atoms with Gasteiger partial charge in [0.05, 0.1) is 41.2 Å². The lowest BCUT2D eigenvalue weighted by molar-refractivity contribution is 0.0715. The number of nitrogens with two attached hydrogens (primary N) is 1. The van der Waals surface area contributed by atoms with Gasteiger partial charge in [0.15, 0.2) is 0 Å². The Labute approximate surface area is 203 Å². The number of anilines is 1. The van der Waals surface area contributed by atoms with Crippen molar-refractivity contribution in [2.75, 3.05) is 25.5 Å². The van der Waals surface area contributed by atoms with Gasteiger partial charge in [-0.25, -0.2) is 17.6 Å². The molecule has 2 heterocycles. The minimum Gasteiger partial charge on any atom is -0.497 e. The van der Waals surface area contributed by atoms with Crippen LogP contribution in [0.4, 0.5) is 23.2 Å². The largest absolute Gasteiger partial charge is 0.497 e. The number of carbonyl (C=O) groups excluding carboxylic acids is 2. The lowest BCUT2D eigenvalue weighted by Crippen LogP contribution is -2.43. The summed E-state index contributed by atoms with van der Waals surface area (Å²) in [5.41, 5.74) is 3.28. The normalized spacial score (nSPS) is 14.0. The molecule has 2 aromatic carbocycles. The number of carbonyl (C=O) groups is 2. The third-order valence-corrected chi connectivity index (χ3v) is 5.96. The maximum atomic E-state index is 15.3. The third kappa shape index (κ3) is 4.87. The molecular weight excluding hydrogens is 480 g/mol. The minimum atomic E-state index is -1.47. The summed E-state index contributed by atoms with van der Waals surface area (Å²) in [6.45, 7) is 0.870. The number of halogens is 4. The predicted molar refractivity (Wildman–Crippen MR) is 124 cm³/mol. The summed E-state index contributed by atoms with van der Waals surface area (Å²) in [4.78, 5) is 31.4. The number of nitrogens with zero attached hydrogens (tertiary/aromatic N) is 2. The number of hydrogen-bond acceptors (Lipinski definition) is 5. The van der Waals surface area contributed by atoms with E-state index in [1.807, 2.05) is 0 Å². The molecule has 1 fully saturated rings. The number of aromatic nitrogens is 1. The molecule has 0 spiro atoms. The van der Waals surface area contributed by atoms with Crippen LogP contribution in [0.25, 0.3) is 11.1 Å². The number of pyridine rings is 1. The molecule has 1 aliphatic heterocycles. The van der Waals surface area contributed by atoms with E-state index in [1.54, 1.807) is 4.90 Å². The standard InChI is InChI=1S/C25H22F4N4O3/c1-36-14-10-18(27)21(19(28)11-14)22-17(26)3-2-16(23(22)29)24(34)32-20-12-31-7-4-15(20)25(35)33-8-5-13(30)6-9-33/h2-4,7,10-13H,5-6,8-9,30H2,1H3,(H,32,34). The molecule has 11 heteroatoms. The van der Waals surface area contributed by atoms with E-state index in [9.17, 15) is 22.8 Å². The molecule has 1 aromatic heterocycles. The highest BCUT2D eigenvalue weighted by Crippen LogP contribution is 2.35. The summed E-state index contributed by atoms with van der Waals surface area (Å²) >= 11 is 0. The lowest BCUT2D eigenvalue weighted by Gasteiger charge is -2.30. The molecule has 0 bridgehead atoms. The average molecular weight is 502 g/mol. The van der Waals surface area contributed by atoms with Crippen LogP contribution >= 0.6 is 0 Å². The first-order chi connectivity index (χ1) is 17.2. The van der Waals surface area contributed by atoms with Gasteiger partial charge < -0.3 is 20.7 Å². The van der Waals surface area contributed by atoms with Crippen LogP contribution in [-0.2, 0) is 0 Å². The molecule has 7 nitrogen and oxygen atoms in total. The van der Waals surface area contributed by atoms with E-state index in [-0.39, 0.29) is 28.9 Å². The SMILES string of the molecule is COc1cc(F)c(-c2c(F)ccc(C(=O)Nc3cnccc3C(=O)N3CCC(N)CC3)c2F)c(F)c1. The summed E-state index contributed by atoms with van der Waals surface area (Å²) in [5, 5.41) is 2.40. The fraction of sp³-hybridized carbons (Fsp3) is 0.240. The maximum absolute atomic E-state index is 15.3. The second-order valence-electron chi connectivity index (χ2n) is 8.25. The van der Waals surface area contributed by atoms with Crippen molar-refractivity contribution < 1.29 is 31.9 Å². The van der Waals surface area contributed by atoms with Gasteiger partial charge in [0.25, 0.3) is 11.8 Å². The monoisotopic (exact) mass is 502 g/mol. The van der Waals surface area contributed by atoms with Crippen molar-refractivity contribution in [3.63, 3.8) is 0 Å². The lowest BCUT2D eigenvalue weighted by atomic mass is 9.99. The van der Waals surface area contributed by atoms with Crippen LogP contribution in [0, 0.1) is 23.3 Å². The highest BCUT2D eigenvalue weighted by atomic mass is 19.1. The highest BCUT2D eigenvalue weighted by molar-refractivity contribution is 6.09. The van der Waals surface area contributed by atoms with Gasteiger partial charge in [-0.15, -0.1) is 0 Å². The number of hydrogen-bond donors (Lipinski definition) is 2. The topological polar surface area (TPSA) is 97.5 Å². The van der Waals surface area contributed by atoms with Gasteiger partial charge in [0.2, 0.25) is 0 Å². The molecule has 3 aromatic rings. The van der Waals surface area contributed by atoms with Crippen molar-refractivity contribution in [2.24, 2.45) is 5.73 Å². The van der Waals surface area contributed by atoms with Crippen LogP contribution < -0.4 is 15.8 Å². The fourth-order valence-electron chi connectivity index (χ4n) is 4.01. The first-order valence-electron chi connectivity index (χ1n) is 11.0. The van der Waals surface area contributed by atoms with Gasteiger partial charge in [-0.1, -0.05) is 0 Å². The second kappa shape index (κ2) is 10.3. The van der Waals surface area contributed by atoms with Crippen LogP contribution in [0.2, 0.25) is 0 Å².